The largest absolute Gasteiger partial charge is 0.491 e. The highest BCUT2D eigenvalue weighted by atomic mass is 35.5. The second-order valence-electron chi connectivity index (χ2n) is 39.9. The highest BCUT2D eigenvalue weighted by molar-refractivity contribution is 6.31. The number of halogens is 5. The van der Waals surface area contributed by atoms with Crippen LogP contribution in [0.3, 0.4) is 0 Å². The summed E-state index contributed by atoms with van der Waals surface area (Å²) in [6, 6.07) is 47.3. The van der Waals surface area contributed by atoms with Crippen LogP contribution in [0.15, 0.2) is 182 Å². The van der Waals surface area contributed by atoms with Crippen molar-refractivity contribution in [2.75, 3.05) is 93.5 Å². The van der Waals surface area contributed by atoms with Crippen molar-refractivity contribution in [3.8, 4) is 17.2 Å². The normalized spacial score (nSPS) is 19.5. The van der Waals surface area contributed by atoms with Gasteiger partial charge < -0.3 is 53.3 Å². The molecule has 26 heteroatoms. The van der Waals surface area contributed by atoms with Gasteiger partial charge in [-0.05, 0) is 202 Å². The fourth-order valence-corrected chi connectivity index (χ4v) is 18.0. The van der Waals surface area contributed by atoms with Crippen molar-refractivity contribution in [1.29, 1.82) is 0 Å². The molecule has 4 fully saturated rings. The van der Waals surface area contributed by atoms with E-state index >= 15 is 0 Å². The third-order valence-corrected chi connectivity index (χ3v) is 24.8. The number of hydrogen-bond acceptors (Lipinski definition) is 18. The van der Waals surface area contributed by atoms with E-state index in [-0.39, 0.29) is 82.4 Å². The number of aliphatic hydroxyl groups is 2. The zero-order valence-electron chi connectivity index (χ0n) is 78.8. The summed E-state index contributed by atoms with van der Waals surface area (Å²) in [5.74, 6) is -2.51. The van der Waals surface area contributed by atoms with Crippen molar-refractivity contribution in [3.63, 3.8) is 0 Å². The lowest BCUT2D eigenvalue weighted by atomic mass is 9.70. The molecule has 7 aromatic carbocycles. The molecule has 0 spiro atoms. The van der Waals surface area contributed by atoms with E-state index in [1.54, 1.807) is 58.6 Å². The number of hydrogen-bond donors (Lipinski definition) is 2. The molecular formula is C103H139Cl2F3N12O9. The Kier molecular flexibility index (Phi) is 34.3. The van der Waals surface area contributed by atoms with Gasteiger partial charge in [0, 0.05) is 139 Å². The molecule has 4 aliphatic heterocycles. The van der Waals surface area contributed by atoms with Crippen molar-refractivity contribution in [3.05, 3.63) is 265 Å². The van der Waals surface area contributed by atoms with Crippen LogP contribution >= 0.6 is 23.2 Å². The van der Waals surface area contributed by atoms with Gasteiger partial charge in [0.05, 0.1) is 42.9 Å². The lowest BCUT2D eigenvalue weighted by Gasteiger charge is -2.39. The van der Waals surface area contributed by atoms with Crippen LogP contribution in [-0.2, 0) is 42.7 Å². The number of benzene rings is 7. The highest BCUT2D eigenvalue weighted by Crippen LogP contribution is 2.50. The maximum Gasteiger partial charge on any atom is 0.350 e. The molecule has 0 radical (unpaired) electrons. The zero-order chi connectivity index (χ0) is 93.0. The molecule has 129 heavy (non-hydrogen) atoms. The second kappa shape index (κ2) is 43.4. The van der Waals surface area contributed by atoms with Gasteiger partial charge in [0.25, 0.3) is 0 Å². The van der Waals surface area contributed by atoms with Gasteiger partial charge in [0.15, 0.2) is 17.4 Å². The van der Waals surface area contributed by atoms with Gasteiger partial charge in [0.2, 0.25) is 0 Å². The van der Waals surface area contributed by atoms with Crippen LogP contribution in [0.1, 0.15) is 219 Å². The lowest BCUT2D eigenvalue weighted by Crippen LogP contribution is -2.48. The average Bonchev–Trinajstić information content (AvgIpc) is 1.27. The van der Waals surface area contributed by atoms with Crippen LogP contribution in [0.5, 0.6) is 11.5 Å². The summed E-state index contributed by atoms with van der Waals surface area (Å²) < 4.78 is 85.9. The number of anilines is 3. The molecule has 21 nitrogen and oxygen atoms in total. The first-order valence-corrected chi connectivity index (χ1v) is 45.7. The van der Waals surface area contributed by atoms with E-state index in [4.69, 9.17) is 51.6 Å². The summed E-state index contributed by atoms with van der Waals surface area (Å²) in [6.07, 6.45) is 8.19. The first-order valence-electron chi connectivity index (χ1n) is 44.9. The maximum absolute atomic E-state index is 14.6. The van der Waals surface area contributed by atoms with Gasteiger partial charge in [-0.15, -0.1) is 0 Å². The Hall–Kier alpha value is -9.21. The van der Waals surface area contributed by atoms with E-state index in [0.29, 0.717) is 67.5 Å². The topological polar surface area (TPSA) is 205 Å². The fourth-order valence-electron chi connectivity index (χ4n) is 17.2. The number of ether oxygens (including phenoxy) is 6. The van der Waals surface area contributed by atoms with Gasteiger partial charge in [-0.1, -0.05) is 176 Å². The van der Waals surface area contributed by atoms with Crippen molar-refractivity contribution >= 4 is 40.3 Å². The van der Waals surface area contributed by atoms with Gasteiger partial charge >= 0.3 is 5.69 Å². The van der Waals surface area contributed by atoms with Crippen LogP contribution in [0.4, 0.5) is 30.2 Å². The minimum Gasteiger partial charge on any atom is -0.491 e. The Morgan fingerprint density at radius 1 is 0.543 bits per heavy atom. The minimum atomic E-state index is -1.59. The van der Waals surface area contributed by atoms with Crippen molar-refractivity contribution in [1.82, 2.24) is 44.0 Å². The van der Waals surface area contributed by atoms with E-state index in [1.165, 1.54) is 36.2 Å². The molecule has 700 valence electrons. The molecule has 0 aliphatic carbocycles. The van der Waals surface area contributed by atoms with Crippen molar-refractivity contribution < 1.29 is 51.8 Å². The van der Waals surface area contributed by atoms with Gasteiger partial charge in [-0.25, -0.2) is 42.2 Å². The number of aryl methyl sites for hydroxylation is 4. The second-order valence-corrected chi connectivity index (χ2v) is 40.7. The van der Waals surface area contributed by atoms with E-state index in [2.05, 4.69) is 168 Å². The first kappa shape index (κ1) is 102. The molecule has 3 aromatic heterocycles. The Morgan fingerprint density at radius 2 is 0.992 bits per heavy atom. The monoisotopic (exact) mass is 1820 g/mol. The number of aromatic nitrogens is 8. The Labute approximate surface area is 773 Å². The van der Waals surface area contributed by atoms with Crippen LogP contribution in [-0.4, -0.2) is 151 Å². The molecule has 10 aromatic rings. The standard InChI is InChI=1S/C38H48ClN5O4.C29H41ClN2O3.C19H24F2N2O.C16H22FN3O.CH4/c1-7-28(3)44-36(45)43(26-40-44)31-11-9-29(10-12-31)41-18-20-42(21-19-41)30-13-15-32(16-14-30)46-23-33-24-47-38(48-33,25-37(4,5)6)34-17-8-27(2)22-35(34)39;1-21(2)31-13-15-32(16-14-31)23-8-10-24(11-9-23)33-18-25-19-34-29(35-25,20-28(4,5)6)26-12-7-22(3)17-27(26)30;1-12-6-7-14(15(20)8-12)19(24,10-18(3,4)5)13(2)17-16(21)9-22-11-23-17;1-11-5-6-12(14(17)7-11)15(21)13(16(2,3)4)8-20-10-18-9-19-20;/h8-17,22,26,28,33H,7,18-21,23-25H2,1-6H3;7-12,17,21,25H,13-16,18-20H2,1-6H3;6-9,11,13,24H,10H2,1-5H3;5-7,9-10,13,15,21H,8H2,1-4H3;1H4/t28?,33-,38-;25-,29-;13-,19+;;/m000../s1. The van der Waals surface area contributed by atoms with Crippen LogP contribution in [0.25, 0.3) is 5.69 Å². The van der Waals surface area contributed by atoms with Gasteiger partial charge in [0.1, 0.15) is 79.5 Å². The number of piperazine rings is 2. The van der Waals surface area contributed by atoms with Gasteiger partial charge in [-0.3, -0.25) is 9.58 Å². The molecule has 7 heterocycles. The molecule has 9 atom stereocenters. The predicted octanol–water partition coefficient (Wildman–Crippen LogP) is 21.9. The predicted molar refractivity (Wildman–Crippen MR) is 511 cm³/mol. The molecule has 0 bridgehead atoms. The molecule has 2 N–H and O–H groups in total. The third-order valence-electron chi connectivity index (χ3n) is 24.1. The number of aliphatic hydroxyl groups excluding tert-OH is 1. The van der Waals surface area contributed by atoms with E-state index in [0.717, 1.165) is 121 Å². The van der Waals surface area contributed by atoms with Gasteiger partial charge in [-0.2, -0.15) is 10.2 Å². The lowest BCUT2D eigenvalue weighted by molar-refractivity contribution is -0.198. The smallest absolute Gasteiger partial charge is 0.350 e. The quantitative estimate of drug-likeness (QED) is 0.0546. The summed E-state index contributed by atoms with van der Waals surface area (Å²) in [5, 5.41) is 31.9. The zero-order valence-corrected chi connectivity index (χ0v) is 80.3. The van der Waals surface area contributed by atoms with Crippen molar-refractivity contribution in [2.45, 2.75) is 239 Å². The summed E-state index contributed by atoms with van der Waals surface area (Å²) in [5.41, 5.74) is 8.32. The molecule has 4 aliphatic rings. The Balaban J connectivity index is 0.000000188. The fraction of sp³-hybridized carbons (Fsp3) is 0.515. The number of nitrogens with zero attached hydrogens (tertiary/aromatic N) is 12. The summed E-state index contributed by atoms with van der Waals surface area (Å²) in [6.45, 7) is 53.2. The third kappa shape index (κ3) is 26.8. The van der Waals surface area contributed by atoms with Crippen LogP contribution in [0, 0.1) is 72.7 Å². The minimum absolute atomic E-state index is 0. The molecule has 4 saturated heterocycles. The molecule has 0 amide bonds. The average molecular weight is 1820 g/mol. The van der Waals surface area contributed by atoms with E-state index in [1.807, 2.05) is 124 Å². The molecule has 14 rings (SSSR count). The SMILES string of the molecule is C.CCC(C)n1ncn(-c2ccc(N3CCN(c4ccc(OC[C@H]5CO[C@](CC(C)(C)C)(c6ccc(C)cc6Cl)O5)cc4)CC3)cc2)c1=O.Cc1ccc(C(O)C(Cn2cncn2)C(C)(C)C)c(F)c1.Cc1ccc([C@@](O)(CC(C)(C)C)[C@@H](C)c2ncncc2F)c(F)c1.Cc1ccc([C@@]2(CC(C)(C)C)OC[C@H](COc3ccc(N4CCN(C(C)C)CC4)cc3)O2)c(Cl)c1. The first-order chi connectivity index (χ1) is 60.3. The van der Waals surface area contributed by atoms with Crippen molar-refractivity contribution in [2.24, 2.45) is 27.6 Å². The summed E-state index contributed by atoms with van der Waals surface area (Å²) in [4.78, 5) is 34.1. The molecule has 3 unspecified atom stereocenters. The summed E-state index contributed by atoms with van der Waals surface area (Å²) >= 11 is 13.4. The molecule has 0 saturated carbocycles. The maximum atomic E-state index is 14.6. The van der Waals surface area contributed by atoms with E-state index in [9.17, 15) is 28.2 Å². The number of rotatable bonds is 25. The van der Waals surface area contributed by atoms with Crippen LogP contribution in [0.2, 0.25) is 10.0 Å². The Bertz CT molecular complexity index is 5290. The van der Waals surface area contributed by atoms with E-state index < -0.39 is 40.8 Å². The Morgan fingerprint density at radius 3 is 1.41 bits per heavy atom. The van der Waals surface area contributed by atoms with Crippen LogP contribution < -0.4 is 29.9 Å². The molecular weight excluding hydrogens is 1680 g/mol. The highest BCUT2D eigenvalue weighted by Gasteiger charge is 2.50. The summed E-state index contributed by atoms with van der Waals surface area (Å²) in [7, 11) is 0.